The molecule has 0 spiro atoms. The largest absolute Gasteiger partial charge is 0.362 e. The highest BCUT2D eigenvalue weighted by atomic mass is 32.1. The third kappa shape index (κ3) is 5.79. The van der Waals surface area contributed by atoms with Crippen LogP contribution in [0.2, 0.25) is 0 Å². The van der Waals surface area contributed by atoms with Crippen LogP contribution < -0.4 is 20.0 Å². The van der Waals surface area contributed by atoms with Gasteiger partial charge in [-0.25, -0.2) is 0 Å². The summed E-state index contributed by atoms with van der Waals surface area (Å²) in [5, 5.41) is 7.31. The molecule has 6 heteroatoms. The fourth-order valence-corrected chi connectivity index (χ4v) is 6.71. The number of hydrogen-bond donors (Lipinski definition) is 2. The molecule has 0 aromatic heterocycles. The van der Waals surface area contributed by atoms with E-state index in [0.717, 1.165) is 37.9 Å². The average Bonchev–Trinajstić information content (AvgIpc) is 3.22. The molecule has 1 aliphatic rings. The quantitative estimate of drug-likeness (QED) is 0.244. The Labute approximate surface area is 198 Å². The molecule has 1 aliphatic heterocycles. The van der Waals surface area contributed by atoms with Gasteiger partial charge in [0.1, 0.15) is 0 Å². The Bertz CT molecular complexity index is 955. The normalized spacial score (nSPS) is 13.9. The number of nitrogens with one attached hydrogen (secondary N) is 2. The van der Waals surface area contributed by atoms with Crippen molar-refractivity contribution in [1.29, 1.82) is 0 Å². The van der Waals surface area contributed by atoms with Crippen LogP contribution in [0.25, 0.3) is 0 Å². The van der Waals surface area contributed by atoms with Gasteiger partial charge in [0.2, 0.25) is 0 Å². The van der Waals surface area contributed by atoms with Crippen molar-refractivity contribution in [2.24, 2.45) is 0 Å². The van der Waals surface area contributed by atoms with Gasteiger partial charge in [0.25, 0.3) is 0 Å². The standard InChI is InChI=1S/C26H31N4PS/c1-21-9-13-24(14-10-21)29-18-19-30(25-15-11-22(2)12-16-25)31(29)20-6-17-27-26(32)28-23-7-4-3-5-8-23/h3-5,7-16H,6,17-20H2,1-2H3,(H2,27,28,32). The molecule has 1 fully saturated rings. The van der Waals surface area contributed by atoms with Crippen LogP contribution in [0.3, 0.4) is 0 Å². The van der Waals surface area contributed by atoms with Gasteiger partial charge in [-0.2, -0.15) is 0 Å². The second-order valence-corrected chi connectivity index (χ2v) is 10.7. The Balaban J connectivity index is 1.39. The van der Waals surface area contributed by atoms with E-state index < -0.39 is 8.22 Å². The molecule has 0 unspecified atom stereocenters. The third-order valence-electron chi connectivity index (χ3n) is 5.60. The lowest BCUT2D eigenvalue weighted by Crippen LogP contribution is -2.30. The van der Waals surface area contributed by atoms with Crippen molar-refractivity contribution in [3.63, 3.8) is 0 Å². The van der Waals surface area contributed by atoms with Crippen LogP contribution in [-0.2, 0) is 0 Å². The molecular weight excluding hydrogens is 431 g/mol. The summed E-state index contributed by atoms with van der Waals surface area (Å²) in [6, 6.07) is 28.0. The monoisotopic (exact) mass is 462 g/mol. The maximum absolute atomic E-state index is 5.47. The minimum absolute atomic E-state index is 0.460. The van der Waals surface area contributed by atoms with Gasteiger partial charge in [-0.15, -0.1) is 0 Å². The van der Waals surface area contributed by atoms with Crippen molar-refractivity contribution in [3.8, 4) is 0 Å². The number of rotatable bonds is 7. The van der Waals surface area contributed by atoms with Gasteiger partial charge in [-0.1, -0.05) is 53.6 Å². The summed E-state index contributed by atoms with van der Waals surface area (Å²) in [5.41, 5.74) is 6.27. The van der Waals surface area contributed by atoms with E-state index in [-0.39, 0.29) is 0 Å². The molecule has 3 aromatic rings. The second-order valence-electron chi connectivity index (χ2n) is 8.11. The maximum atomic E-state index is 5.47. The molecule has 3 aromatic carbocycles. The predicted octanol–water partition coefficient (Wildman–Crippen LogP) is 6.32. The number of thiocarbonyl (C=S) groups is 1. The van der Waals surface area contributed by atoms with E-state index in [2.05, 4.69) is 82.4 Å². The van der Waals surface area contributed by atoms with Crippen molar-refractivity contribution in [2.45, 2.75) is 20.3 Å². The summed E-state index contributed by atoms with van der Waals surface area (Å²) < 4.78 is 5.21. The van der Waals surface area contributed by atoms with Gasteiger partial charge >= 0.3 is 0 Å². The second kappa shape index (κ2) is 10.8. The lowest BCUT2D eigenvalue weighted by Gasteiger charge is -2.32. The zero-order valence-electron chi connectivity index (χ0n) is 18.8. The van der Waals surface area contributed by atoms with E-state index in [4.69, 9.17) is 12.2 Å². The van der Waals surface area contributed by atoms with E-state index in [0.29, 0.717) is 5.11 Å². The number of benzene rings is 3. The molecule has 32 heavy (non-hydrogen) atoms. The van der Waals surface area contributed by atoms with Gasteiger partial charge in [0.05, 0.1) is 8.22 Å². The van der Waals surface area contributed by atoms with E-state index >= 15 is 0 Å². The van der Waals surface area contributed by atoms with Gasteiger partial charge < -0.3 is 20.0 Å². The zero-order chi connectivity index (χ0) is 22.3. The fraction of sp³-hybridized carbons (Fsp3) is 0.269. The summed E-state index contributed by atoms with van der Waals surface area (Å²) in [6.07, 6.45) is 2.19. The topological polar surface area (TPSA) is 30.5 Å². The first-order valence-corrected chi connectivity index (χ1v) is 13.0. The van der Waals surface area contributed by atoms with E-state index in [9.17, 15) is 0 Å². The molecule has 166 valence electrons. The van der Waals surface area contributed by atoms with Crippen LogP contribution >= 0.6 is 20.4 Å². The smallest absolute Gasteiger partial charge is 0.170 e. The number of anilines is 3. The van der Waals surface area contributed by atoms with Crippen molar-refractivity contribution >= 4 is 42.6 Å². The van der Waals surface area contributed by atoms with Crippen LogP contribution in [0, 0.1) is 13.8 Å². The highest BCUT2D eigenvalue weighted by molar-refractivity contribution is 7.80. The lowest BCUT2D eigenvalue weighted by molar-refractivity contribution is 0.849. The van der Waals surface area contributed by atoms with E-state index in [1.54, 1.807) is 0 Å². The molecule has 1 heterocycles. The van der Waals surface area contributed by atoms with Crippen molar-refractivity contribution < 1.29 is 0 Å². The van der Waals surface area contributed by atoms with Crippen LogP contribution in [-0.4, -0.2) is 30.9 Å². The summed E-state index contributed by atoms with van der Waals surface area (Å²) >= 11 is 5.47. The van der Waals surface area contributed by atoms with Crippen molar-refractivity contribution in [3.05, 3.63) is 90.0 Å². The first-order valence-electron chi connectivity index (χ1n) is 11.2. The molecule has 2 N–H and O–H groups in total. The maximum Gasteiger partial charge on any atom is 0.170 e. The first kappa shape index (κ1) is 22.6. The Kier molecular flexibility index (Phi) is 7.62. The van der Waals surface area contributed by atoms with Gasteiger partial charge in [-0.05, 0) is 68.9 Å². The summed E-state index contributed by atoms with van der Waals surface area (Å²) in [4.78, 5) is 0. The average molecular weight is 463 g/mol. The van der Waals surface area contributed by atoms with E-state index in [1.807, 2.05) is 30.3 Å². The molecule has 0 bridgehead atoms. The van der Waals surface area contributed by atoms with Crippen LogP contribution in [0.4, 0.5) is 17.1 Å². The predicted molar refractivity (Wildman–Crippen MR) is 144 cm³/mol. The Morgan fingerprint density at radius 2 is 1.34 bits per heavy atom. The van der Waals surface area contributed by atoms with Gasteiger partial charge in [0.15, 0.2) is 5.11 Å². The molecule has 0 aliphatic carbocycles. The highest BCUT2D eigenvalue weighted by Gasteiger charge is 2.32. The summed E-state index contributed by atoms with van der Waals surface area (Å²) in [7, 11) is -0.460. The molecule has 0 radical (unpaired) electrons. The molecule has 0 saturated carbocycles. The lowest BCUT2D eigenvalue weighted by atomic mass is 10.2. The van der Waals surface area contributed by atoms with Crippen LogP contribution in [0.5, 0.6) is 0 Å². The highest BCUT2D eigenvalue weighted by Crippen LogP contribution is 2.53. The fourth-order valence-electron chi connectivity index (χ4n) is 3.87. The minimum Gasteiger partial charge on any atom is -0.362 e. The number of hydrogen-bond acceptors (Lipinski definition) is 3. The summed E-state index contributed by atoms with van der Waals surface area (Å²) in [5.74, 6) is 0. The first-order chi connectivity index (χ1) is 15.6. The van der Waals surface area contributed by atoms with Gasteiger partial charge in [0, 0.05) is 42.9 Å². The molecule has 1 saturated heterocycles. The molecular formula is C26H31N4PS. The van der Waals surface area contributed by atoms with Crippen molar-refractivity contribution in [1.82, 2.24) is 5.32 Å². The summed E-state index contributed by atoms with van der Waals surface area (Å²) in [6.45, 7) is 7.27. The Morgan fingerprint density at radius 1 is 0.812 bits per heavy atom. The number of para-hydroxylation sites is 1. The van der Waals surface area contributed by atoms with Crippen LogP contribution in [0.15, 0.2) is 78.9 Å². The number of aryl methyl sites for hydroxylation is 2. The Morgan fingerprint density at radius 3 is 1.88 bits per heavy atom. The van der Waals surface area contributed by atoms with Crippen molar-refractivity contribution in [2.75, 3.05) is 40.5 Å². The Hall–Kier alpha value is -2.62. The molecule has 4 nitrogen and oxygen atoms in total. The SMILES string of the molecule is Cc1ccc(N2CCN(c3ccc(C)cc3)P2CCCNC(=S)Nc2ccccc2)cc1. The zero-order valence-corrected chi connectivity index (χ0v) is 20.5. The third-order valence-corrected chi connectivity index (χ3v) is 8.54. The molecule has 4 rings (SSSR count). The van der Waals surface area contributed by atoms with Gasteiger partial charge in [-0.3, -0.25) is 0 Å². The van der Waals surface area contributed by atoms with E-state index in [1.165, 1.54) is 22.5 Å². The minimum atomic E-state index is -0.460. The van der Waals surface area contributed by atoms with Crippen LogP contribution in [0.1, 0.15) is 17.5 Å². The number of nitrogens with zero attached hydrogens (tertiary/aromatic N) is 2. The molecule has 0 amide bonds. The molecule has 0 atom stereocenters.